The first kappa shape index (κ1) is 25.7. The smallest absolute Gasteiger partial charge is 0.339 e. The molecule has 7 nitrogen and oxygen atoms in total. The van der Waals surface area contributed by atoms with Crippen LogP contribution in [0, 0.1) is 12.3 Å². The van der Waals surface area contributed by atoms with Crippen LogP contribution in [0.25, 0.3) is 0 Å². The van der Waals surface area contributed by atoms with Gasteiger partial charge in [0.1, 0.15) is 18.8 Å². The van der Waals surface area contributed by atoms with Gasteiger partial charge >= 0.3 is 17.9 Å². The van der Waals surface area contributed by atoms with E-state index in [1.807, 2.05) is 6.92 Å². The predicted octanol–water partition coefficient (Wildman–Crippen LogP) is 4.48. The van der Waals surface area contributed by atoms with E-state index in [1.165, 1.54) is 0 Å². The standard InChI is InChI=1S/C30H26O7/c1-3-25-30(4-2,37-29(33)23-18-12-7-13-19-23)26(36-28(32)22-16-10-6-11-17-22)24(35-25)20-34-27(31)21-14-8-5-9-15-21/h2,5-19,24-26H,3,20H2,1H3/t24-,25?,26-,30+/m1/s1. The molecular weight excluding hydrogens is 472 g/mol. The van der Waals surface area contributed by atoms with E-state index in [0.717, 1.165) is 0 Å². The van der Waals surface area contributed by atoms with Gasteiger partial charge in [0.2, 0.25) is 5.60 Å². The van der Waals surface area contributed by atoms with Crippen LogP contribution < -0.4 is 0 Å². The summed E-state index contributed by atoms with van der Waals surface area (Å²) in [5.74, 6) is 0.599. The Morgan fingerprint density at radius 3 is 1.78 bits per heavy atom. The topological polar surface area (TPSA) is 88.1 Å². The highest BCUT2D eigenvalue weighted by molar-refractivity contribution is 5.91. The summed E-state index contributed by atoms with van der Waals surface area (Å²) in [4.78, 5) is 38.7. The summed E-state index contributed by atoms with van der Waals surface area (Å²) in [5.41, 5.74) is -0.846. The van der Waals surface area contributed by atoms with Crippen LogP contribution in [0.1, 0.15) is 44.4 Å². The maximum absolute atomic E-state index is 13.1. The monoisotopic (exact) mass is 498 g/mol. The van der Waals surface area contributed by atoms with Crippen molar-refractivity contribution >= 4 is 17.9 Å². The summed E-state index contributed by atoms with van der Waals surface area (Å²) in [6.45, 7) is 1.53. The first-order valence-corrected chi connectivity index (χ1v) is 11.9. The maximum atomic E-state index is 13.1. The van der Waals surface area contributed by atoms with E-state index in [1.54, 1.807) is 91.0 Å². The second-order valence-electron chi connectivity index (χ2n) is 8.42. The van der Waals surface area contributed by atoms with Crippen molar-refractivity contribution in [1.29, 1.82) is 0 Å². The Morgan fingerprint density at radius 2 is 1.30 bits per heavy atom. The summed E-state index contributed by atoms with van der Waals surface area (Å²) < 4.78 is 23.3. The number of carbonyl (C=O) groups is 3. The Morgan fingerprint density at radius 1 is 0.811 bits per heavy atom. The average Bonchev–Trinajstić information content (AvgIpc) is 3.24. The minimum Gasteiger partial charge on any atom is -0.459 e. The van der Waals surface area contributed by atoms with Crippen LogP contribution in [0.4, 0.5) is 0 Å². The van der Waals surface area contributed by atoms with Gasteiger partial charge in [-0.05, 0) is 42.8 Å². The number of hydrogen-bond acceptors (Lipinski definition) is 7. The Hall–Kier alpha value is -4.41. The fourth-order valence-corrected chi connectivity index (χ4v) is 4.22. The lowest BCUT2D eigenvalue weighted by atomic mass is 9.89. The lowest BCUT2D eigenvalue weighted by Crippen LogP contribution is -2.53. The largest absolute Gasteiger partial charge is 0.459 e. The molecule has 1 saturated heterocycles. The first-order valence-electron chi connectivity index (χ1n) is 11.9. The summed E-state index contributed by atoms with van der Waals surface area (Å²) in [6.07, 6.45) is 3.27. The molecule has 188 valence electrons. The Balaban J connectivity index is 1.64. The van der Waals surface area contributed by atoms with Crippen LogP contribution >= 0.6 is 0 Å². The number of hydrogen-bond donors (Lipinski definition) is 0. The minimum atomic E-state index is -1.75. The molecule has 0 aliphatic carbocycles. The molecule has 7 heteroatoms. The van der Waals surface area contributed by atoms with Crippen molar-refractivity contribution in [3.63, 3.8) is 0 Å². The van der Waals surface area contributed by atoms with Gasteiger partial charge in [0.05, 0.1) is 16.7 Å². The van der Waals surface area contributed by atoms with Crippen molar-refractivity contribution in [2.24, 2.45) is 0 Å². The van der Waals surface area contributed by atoms with Gasteiger partial charge in [0.25, 0.3) is 0 Å². The Bertz CT molecular complexity index is 1270. The van der Waals surface area contributed by atoms with Crippen molar-refractivity contribution in [1.82, 2.24) is 0 Å². The summed E-state index contributed by atoms with van der Waals surface area (Å²) in [6, 6.07) is 25.1. The summed E-state index contributed by atoms with van der Waals surface area (Å²) in [5, 5.41) is 0. The van der Waals surface area contributed by atoms with Crippen LogP contribution in [0.15, 0.2) is 91.0 Å². The van der Waals surface area contributed by atoms with Gasteiger partial charge < -0.3 is 18.9 Å². The first-order chi connectivity index (χ1) is 18.0. The molecule has 4 atom stereocenters. The molecule has 0 aromatic heterocycles. The van der Waals surface area contributed by atoms with E-state index in [-0.39, 0.29) is 17.7 Å². The second kappa shape index (κ2) is 11.5. The van der Waals surface area contributed by atoms with Gasteiger partial charge in [0.15, 0.2) is 6.10 Å². The molecule has 3 aromatic rings. The second-order valence-corrected chi connectivity index (χ2v) is 8.42. The van der Waals surface area contributed by atoms with Gasteiger partial charge in [-0.1, -0.05) is 67.4 Å². The van der Waals surface area contributed by atoms with Crippen molar-refractivity contribution < 1.29 is 33.3 Å². The molecule has 1 fully saturated rings. The molecule has 4 rings (SSSR count). The predicted molar refractivity (Wildman–Crippen MR) is 135 cm³/mol. The SMILES string of the molecule is C#C[C@]1(OC(=O)c2ccccc2)C(CC)O[C@H](COC(=O)c2ccccc2)[C@H]1OC(=O)c1ccccc1. The van der Waals surface area contributed by atoms with Gasteiger partial charge in [-0.15, -0.1) is 6.42 Å². The third kappa shape index (κ3) is 5.55. The highest BCUT2D eigenvalue weighted by Gasteiger charge is 2.61. The molecule has 0 spiro atoms. The van der Waals surface area contributed by atoms with Crippen LogP contribution in [0.2, 0.25) is 0 Å². The molecular formula is C30H26O7. The van der Waals surface area contributed by atoms with E-state index in [9.17, 15) is 14.4 Å². The lowest BCUT2D eigenvalue weighted by molar-refractivity contribution is -0.0665. The average molecular weight is 499 g/mol. The Labute approximate surface area is 215 Å². The molecule has 3 aromatic carbocycles. The van der Waals surface area contributed by atoms with Crippen LogP contribution in [-0.2, 0) is 18.9 Å². The molecule has 0 saturated carbocycles. The molecule has 0 amide bonds. The van der Waals surface area contributed by atoms with Crippen molar-refractivity contribution in [2.45, 2.75) is 37.3 Å². The van der Waals surface area contributed by atoms with E-state index < -0.39 is 41.8 Å². The minimum absolute atomic E-state index is 0.275. The zero-order chi connectivity index (χ0) is 26.3. The molecule has 0 radical (unpaired) electrons. The highest BCUT2D eigenvalue weighted by atomic mass is 16.7. The molecule has 37 heavy (non-hydrogen) atoms. The summed E-state index contributed by atoms with van der Waals surface area (Å²) in [7, 11) is 0. The highest BCUT2D eigenvalue weighted by Crippen LogP contribution is 2.39. The van der Waals surface area contributed by atoms with E-state index >= 15 is 0 Å². The zero-order valence-electron chi connectivity index (χ0n) is 20.2. The number of terminal acetylenes is 1. The van der Waals surface area contributed by atoms with E-state index in [2.05, 4.69) is 5.92 Å². The molecule has 1 aliphatic heterocycles. The van der Waals surface area contributed by atoms with Gasteiger partial charge in [-0.2, -0.15) is 0 Å². The zero-order valence-corrected chi connectivity index (χ0v) is 20.2. The third-order valence-corrected chi connectivity index (χ3v) is 6.08. The molecule has 0 N–H and O–H groups in total. The number of benzene rings is 3. The van der Waals surface area contributed by atoms with E-state index in [0.29, 0.717) is 12.0 Å². The number of rotatable bonds is 8. The molecule has 1 aliphatic rings. The lowest BCUT2D eigenvalue weighted by Gasteiger charge is -2.33. The summed E-state index contributed by atoms with van der Waals surface area (Å²) >= 11 is 0. The van der Waals surface area contributed by atoms with Crippen LogP contribution in [-0.4, -0.2) is 48.4 Å². The van der Waals surface area contributed by atoms with E-state index in [4.69, 9.17) is 25.4 Å². The van der Waals surface area contributed by atoms with Crippen LogP contribution in [0.3, 0.4) is 0 Å². The van der Waals surface area contributed by atoms with Crippen molar-refractivity contribution in [2.75, 3.05) is 6.61 Å². The fourth-order valence-electron chi connectivity index (χ4n) is 4.22. The third-order valence-electron chi connectivity index (χ3n) is 6.08. The fraction of sp³-hybridized carbons (Fsp3) is 0.233. The Kier molecular flexibility index (Phi) is 8.02. The maximum Gasteiger partial charge on any atom is 0.339 e. The van der Waals surface area contributed by atoms with Gasteiger partial charge in [-0.3, -0.25) is 0 Å². The molecule has 1 unspecified atom stereocenters. The van der Waals surface area contributed by atoms with Crippen molar-refractivity contribution in [3.8, 4) is 12.3 Å². The van der Waals surface area contributed by atoms with Crippen molar-refractivity contribution in [3.05, 3.63) is 108 Å². The number of carbonyl (C=O) groups excluding carboxylic acids is 3. The van der Waals surface area contributed by atoms with Gasteiger partial charge in [0, 0.05) is 0 Å². The molecule has 0 bridgehead atoms. The van der Waals surface area contributed by atoms with Gasteiger partial charge in [-0.25, -0.2) is 14.4 Å². The normalized spacial score (nSPS) is 22.4. The number of esters is 3. The number of ether oxygens (including phenoxy) is 4. The van der Waals surface area contributed by atoms with Crippen LogP contribution in [0.5, 0.6) is 0 Å². The molecule has 1 heterocycles. The quantitative estimate of drug-likeness (QED) is 0.257.